The number of likely N-dealkylation sites (tertiary alicyclic amines) is 1. The standard InChI is InChI=1S/C15H26N2O3S/c1-10(9-21-2)16-15(20)17-12-6-4-3-5-11(12)7-8-13(17)14(18)19/h10-13H,3-9H2,1-2H3,(H,16,20)(H,18,19). The number of rotatable bonds is 4. The summed E-state index contributed by atoms with van der Waals surface area (Å²) in [4.78, 5) is 25.8. The molecule has 120 valence electrons. The molecule has 2 N–H and O–H groups in total. The molecule has 1 aliphatic heterocycles. The Morgan fingerprint density at radius 2 is 2.00 bits per heavy atom. The summed E-state index contributed by atoms with van der Waals surface area (Å²) in [6.45, 7) is 1.96. The van der Waals surface area contributed by atoms with E-state index in [1.807, 2.05) is 13.2 Å². The fourth-order valence-corrected chi connectivity index (χ4v) is 4.33. The van der Waals surface area contributed by atoms with Crippen LogP contribution in [0, 0.1) is 5.92 Å². The summed E-state index contributed by atoms with van der Waals surface area (Å²) < 4.78 is 0. The maximum atomic E-state index is 12.6. The molecule has 0 spiro atoms. The number of amides is 2. The normalized spacial score (nSPS) is 30.4. The first-order chi connectivity index (χ1) is 10.0. The number of nitrogens with one attached hydrogen (secondary N) is 1. The minimum atomic E-state index is -0.869. The molecule has 0 aromatic carbocycles. The van der Waals surface area contributed by atoms with Crippen molar-refractivity contribution < 1.29 is 14.7 Å². The Labute approximate surface area is 130 Å². The van der Waals surface area contributed by atoms with Crippen LogP contribution in [0.15, 0.2) is 0 Å². The second kappa shape index (κ2) is 7.38. The predicted octanol–water partition coefficient (Wildman–Crippen LogP) is 2.56. The lowest BCUT2D eigenvalue weighted by Gasteiger charge is -2.47. The second-order valence-electron chi connectivity index (χ2n) is 6.26. The number of nitrogens with zero attached hydrogens (tertiary/aromatic N) is 1. The van der Waals surface area contributed by atoms with E-state index in [9.17, 15) is 14.7 Å². The lowest BCUT2D eigenvalue weighted by molar-refractivity contribution is -0.145. The number of fused-ring (bicyclic) bond motifs is 1. The Kier molecular flexibility index (Phi) is 5.79. The fourth-order valence-electron chi connectivity index (χ4n) is 3.74. The predicted molar refractivity (Wildman–Crippen MR) is 84.6 cm³/mol. The van der Waals surface area contributed by atoms with Crippen molar-refractivity contribution in [3.8, 4) is 0 Å². The number of urea groups is 1. The monoisotopic (exact) mass is 314 g/mol. The van der Waals surface area contributed by atoms with Gasteiger partial charge in [-0.3, -0.25) is 0 Å². The summed E-state index contributed by atoms with van der Waals surface area (Å²) in [5.74, 6) is 0.452. The van der Waals surface area contributed by atoms with Crippen LogP contribution in [0.2, 0.25) is 0 Å². The molecule has 4 atom stereocenters. The number of carboxylic acid groups (broad SMARTS) is 1. The summed E-state index contributed by atoms with van der Waals surface area (Å²) in [5.41, 5.74) is 0. The number of aliphatic carboxylic acids is 1. The Morgan fingerprint density at radius 1 is 1.29 bits per heavy atom. The molecule has 1 aliphatic carbocycles. The minimum absolute atomic E-state index is 0.0610. The molecule has 5 nitrogen and oxygen atoms in total. The molecular formula is C15H26N2O3S. The zero-order chi connectivity index (χ0) is 15.4. The summed E-state index contributed by atoms with van der Waals surface area (Å²) >= 11 is 1.68. The highest BCUT2D eigenvalue weighted by Gasteiger charge is 2.43. The van der Waals surface area contributed by atoms with Crippen LogP contribution in [0.1, 0.15) is 45.4 Å². The summed E-state index contributed by atoms with van der Waals surface area (Å²) in [6.07, 6.45) is 7.89. The van der Waals surface area contributed by atoms with Gasteiger partial charge in [-0.2, -0.15) is 11.8 Å². The van der Waals surface area contributed by atoms with Crippen molar-refractivity contribution in [3.05, 3.63) is 0 Å². The first kappa shape index (κ1) is 16.5. The third kappa shape index (κ3) is 3.84. The van der Waals surface area contributed by atoms with Crippen molar-refractivity contribution in [1.82, 2.24) is 10.2 Å². The average molecular weight is 314 g/mol. The van der Waals surface area contributed by atoms with Crippen LogP contribution in [0.3, 0.4) is 0 Å². The van der Waals surface area contributed by atoms with Gasteiger partial charge in [0.1, 0.15) is 6.04 Å². The quantitative estimate of drug-likeness (QED) is 0.836. The van der Waals surface area contributed by atoms with E-state index in [4.69, 9.17) is 0 Å². The number of thioether (sulfide) groups is 1. The number of hydrogen-bond donors (Lipinski definition) is 2. The molecule has 1 saturated carbocycles. The topological polar surface area (TPSA) is 69.6 Å². The zero-order valence-electron chi connectivity index (χ0n) is 12.9. The van der Waals surface area contributed by atoms with E-state index in [0.717, 1.165) is 31.4 Å². The van der Waals surface area contributed by atoms with Crippen molar-refractivity contribution >= 4 is 23.8 Å². The van der Waals surface area contributed by atoms with Gasteiger partial charge < -0.3 is 15.3 Å². The van der Waals surface area contributed by atoms with Gasteiger partial charge in [0.05, 0.1) is 0 Å². The van der Waals surface area contributed by atoms with Crippen molar-refractivity contribution in [2.75, 3.05) is 12.0 Å². The van der Waals surface area contributed by atoms with Crippen LogP contribution in [-0.4, -0.2) is 52.1 Å². The van der Waals surface area contributed by atoms with Crippen molar-refractivity contribution in [1.29, 1.82) is 0 Å². The highest BCUT2D eigenvalue weighted by Crippen LogP contribution is 2.38. The third-order valence-electron chi connectivity index (χ3n) is 4.68. The van der Waals surface area contributed by atoms with E-state index in [2.05, 4.69) is 5.32 Å². The molecule has 0 bridgehead atoms. The molecule has 1 saturated heterocycles. The van der Waals surface area contributed by atoms with Gasteiger partial charge in [0.15, 0.2) is 0 Å². The van der Waals surface area contributed by atoms with Gasteiger partial charge in [-0.15, -0.1) is 0 Å². The van der Waals surface area contributed by atoms with Crippen LogP contribution in [0.5, 0.6) is 0 Å². The first-order valence-corrected chi connectivity index (χ1v) is 9.24. The Morgan fingerprint density at radius 3 is 2.67 bits per heavy atom. The summed E-state index contributed by atoms with van der Waals surface area (Å²) in [6, 6.07) is -0.688. The number of piperidine rings is 1. The molecule has 21 heavy (non-hydrogen) atoms. The Balaban J connectivity index is 2.12. The SMILES string of the molecule is CSCC(C)NC(=O)N1C(C(=O)O)CCC2CCCCC21. The van der Waals surface area contributed by atoms with E-state index in [1.165, 1.54) is 6.42 Å². The Bertz CT molecular complexity index is 391. The van der Waals surface area contributed by atoms with Crippen molar-refractivity contribution in [2.24, 2.45) is 5.92 Å². The largest absolute Gasteiger partial charge is 0.480 e. The van der Waals surface area contributed by atoms with Crippen LogP contribution in [-0.2, 0) is 4.79 Å². The van der Waals surface area contributed by atoms with Crippen LogP contribution < -0.4 is 5.32 Å². The molecule has 0 radical (unpaired) electrons. The molecule has 6 heteroatoms. The first-order valence-electron chi connectivity index (χ1n) is 7.85. The van der Waals surface area contributed by atoms with Gasteiger partial charge in [-0.25, -0.2) is 9.59 Å². The number of hydrogen-bond acceptors (Lipinski definition) is 3. The van der Waals surface area contributed by atoms with Gasteiger partial charge in [0, 0.05) is 17.8 Å². The molecule has 0 aromatic heterocycles. The molecular weight excluding hydrogens is 288 g/mol. The van der Waals surface area contributed by atoms with Crippen LogP contribution in [0.4, 0.5) is 4.79 Å². The average Bonchev–Trinajstić information content (AvgIpc) is 2.45. The summed E-state index contributed by atoms with van der Waals surface area (Å²) in [7, 11) is 0. The fraction of sp³-hybridized carbons (Fsp3) is 0.867. The van der Waals surface area contributed by atoms with E-state index in [0.29, 0.717) is 12.3 Å². The van der Waals surface area contributed by atoms with Crippen LogP contribution >= 0.6 is 11.8 Å². The molecule has 2 rings (SSSR count). The summed E-state index contributed by atoms with van der Waals surface area (Å²) in [5, 5.41) is 12.4. The van der Waals surface area contributed by atoms with Crippen molar-refractivity contribution in [2.45, 2.75) is 63.6 Å². The molecule has 2 amide bonds. The molecule has 2 fully saturated rings. The van der Waals surface area contributed by atoms with E-state index < -0.39 is 12.0 Å². The van der Waals surface area contributed by atoms with Crippen molar-refractivity contribution in [3.63, 3.8) is 0 Å². The number of carboxylic acids is 1. The third-order valence-corrected chi connectivity index (χ3v) is 5.51. The molecule has 0 aromatic rings. The highest BCUT2D eigenvalue weighted by molar-refractivity contribution is 7.98. The smallest absolute Gasteiger partial charge is 0.326 e. The molecule has 4 unspecified atom stereocenters. The minimum Gasteiger partial charge on any atom is -0.480 e. The van der Waals surface area contributed by atoms with Gasteiger partial charge in [0.25, 0.3) is 0 Å². The highest BCUT2D eigenvalue weighted by atomic mass is 32.2. The zero-order valence-corrected chi connectivity index (χ0v) is 13.7. The maximum absolute atomic E-state index is 12.6. The second-order valence-corrected chi connectivity index (χ2v) is 7.17. The molecule has 1 heterocycles. The molecule has 2 aliphatic rings. The van der Waals surface area contributed by atoms with Gasteiger partial charge in [-0.05, 0) is 44.8 Å². The lowest BCUT2D eigenvalue weighted by Crippen LogP contribution is -2.61. The van der Waals surface area contributed by atoms with E-state index >= 15 is 0 Å². The van der Waals surface area contributed by atoms with Gasteiger partial charge >= 0.3 is 12.0 Å². The van der Waals surface area contributed by atoms with Gasteiger partial charge in [-0.1, -0.05) is 12.8 Å². The maximum Gasteiger partial charge on any atom is 0.326 e. The van der Waals surface area contributed by atoms with E-state index in [1.54, 1.807) is 16.7 Å². The van der Waals surface area contributed by atoms with E-state index in [-0.39, 0.29) is 18.1 Å². The number of carbonyl (C=O) groups is 2. The lowest BCUT2D eigenvalue weighted by atomic mass is 9.76. The number of carbonyl (C=O) groups excluding carboxylic acids is 1. The Hall–Kier alpha value is -0.910. The van der Waals surface area contributed by atoms with Gasteiger partial charge in [0.2, 0.25) is 0 Å². The van der Waals surface area contributed by atoms with Crippen LogP contribution in [0.25, 0.3) is 0 Å².